The first-order chi connectivity index (χ1) is 13.9. The second-order valence-electron chi connectivity index (χ2n) is 8.00. The van der Waals surface area contributed by atoms with Gasteiger partial charge in [0.05, 0.1) is 5.56 Å². The highest BCUT2D eigenvalue weighted by atomic mass is 19.4. The zero-order chi connectivity index (χ0) is 22.5. The molecule has 0 aromatic heterocycles. The molecule has 162 valence electrons. The number of carbonyl (C=O) groups excluding carboxylic acids is 2. The molecule has 0 heterocycles. The Morgan fingerprint density at radius 2 is 1.63 bits per heavy atom. The molecule has 3 amide bonds. The summed E-state index contributed by atoms with van der Waals surface area (Å²) in [5.74, 6) is -0.217. The molecular weight excluding hydrogens is 395 g/mol. The summed E-state index contributed by atoms with van der Waals surface area (Å²) >= 11 is 0. The molecule has 2 aromatic rings. The van der Waals surface area contributed by atoms with Gasteiger partial charge in [-0.25, -0.2) is 4.79 Å². The number of urea groups is 1. The average Bonchev–Trinajstić information content (AvgIpc) is 2.65. The van der Waals surface area contributed by atoms with Crippen LogP contribution in [0.2, 0.25) is 0 Å². The van der Waals surface area contributed by atoms with E-state index in [9.17, 15) is 22.8 Å². The van der Waals surface area contributed by atoms with Crippen molar-refractivity contribution in [2.45, 2.75) is 33.9 Å². The van der Waals surface area contributed by atoms with Crippen LogP contribution in [0, 0.1) is 12.3 Å². The summed E-state index contributed by atoms with van der Waals surface area (Å²) in [5.41, 5.74) is 0.130. The predicted octanol–water partition coefficient (Wildman–Crippen LogP) is 5.21. The average molecular weight is 421 g/mol. The van der Waals surface area contributed by atoms with E-state index in [0.29, 0.717) is 5.69 Å². The monoisotopic (exact) mass is 421 g/mol. The largest absolute Gasteiger partial charge is 0.416 e. The highest BCUT2D eigenvalue weighted by Gasteiger charge is 2.31. The summed E-state index contributed by atoms with van der Waals surface area (Å²) < 4.78 is 39.4. The van der Waals surface area contributed by atoms with Gasteiger partial charge in [-0.05, 0) is 37.3 Å². The predicted molar refractivity (Wildman–Crippen MR) is 111 cm³/mol. The van der Waals surface area contributed by atoms with Gasteiger partial charge in [-0.1, -0.05) is 44.5 Å². The Hall–Kier alpha value is -3.03. The number of nitrogens with one attached hydrogen (secondary N) is 2. The molecule has 30 heavy (non-hydrogen) atoms. The second-order valence-corrected chi connectivity index (χ2v) is 8.00. The number of anilines is 2. The molecule has 0 unspecified atom stereocenters. The molecule has 2 rings (SSSR count). The van der Waals surface area contributed by atoms with Gasteiger partial charge in [-0.15, -0.1) is 0 Å². The standard InChI is InChI=1S/C22H26F3N3O2/c1-15-8-10-17(11-9-15)27-20(30)28(13-12-26-19(29)21(2,3)4)18-7-5-6-16(14-18)22(23,24)25/h5-11,14H,12-13H2,1-4H3,(H,26,29)(H,27,30). The molecule has 0 aliphatic heterocycles. The molecule has 8 heteroatoms. The van der Waals surface area contributed by atoms with E-state index < -0.39 is 23.2 Å². The van der Waals surface area contributed by atoms with Crippen molar-refractivity contribution in [1.29, 1.82) is 0 Å². The van der Waals surface area contributed by atoms with Gasteiger partial charge >= 0.3 is 12.2 Å². The van der Waals surface area contributed by atoms with E-state index in [0.717, 1.165) is 17.7 Å². The van der Waals surface area contributed by atoms with E-state index in [2.05, 4.69) is 10.6 Å². The third-order valence-corrected chi connectivity index (χ3v) is 4.34. The van der Waals surface area contributed by atoms with E-state index in [1.54, 1.807) is 32.9 Å². The lowest BCUT2D eigenvalue weighted by Crippen LogP contribution is -2.43. The van der Waals surface area contributed by atoms with Gasteiger partial charge < -0.3 is 10.6 Å². The van der Waals surface area contributed by atoms with Crippen molar-refractivity contribution in [3.8, 4) is 0 Å². The normalized spacial score (nSPS) is 11.7. The number of carbonyl (C=O) groups is 2. The highest BCUT2D eigenvalue weighted by molar-refractivity contribution is 6.01. The molecule has 2 aromatic carbocycles. The summed E-state index contributed by atoms with van der Waals surface area (Å²) in [4.78, 5) is 26.1. The molecule has 0 aliphatic carbocycles. The number of rotatable bonds is 5. The molecule has 0 radical (unpaired) electrons. The summed E-state index contributed by atoms with van der Waals surface area (Å²) in [6.07, 6.45) is -4.53. The third kappa shape index (κ3) is 6.50. The minimum Gasteiger partial charge on any atom is -0.354 e. The molecule has 0 aliphatic rings. The molecule has 0 saturated heterocycles. The SMILES string of the molecule is Cc1ccc(NC(=O)N(CCNC(=O)C(C)(C)C)c2cccc(C(F)(F)F)c2)cc1. The molecule has 0 bridgehead atoms. The number of amides is 3. The fourth-order valence-electron chi connectivity index (χ4n) is 2.57. The summed E-state index contributed by atoms with van der Waals surface area (Å²) in [6.45, 7) is 7.23. The van der Waals surface area contributed by atoms with Crippen LogP contribution in [-0.2, 0) is 11.0 Å². The van der Waals surface area contributed by atoms with Crippen LogP contribution in [0.1, 0.15) is 31.9 Å². The van der Waals surface area contributed by atoms with Crippen LogP contribution in [-0.4, -0.2) is 25.0 Å². The molecule has 0 fully saturated rings. The minimum absolute atomic E-state index is 0.000819. The first-order valence-corrected chi connectivity index (χ1v) is 9.48. The molecule has 5 nitrogen and oxygen atoms in total. The van der Waals surface area contributed by atoms with Gasteiger partial charge in [0.25, 0.3) is 0 Å². The number of benzene rings is 2. The van der Waals surface area contributed by atoms with Gasteiger partial charge in [0.2, 0.25) is 5.91 Å². The van der Waals surface area contributed by atoms with Crippen molar-refractivity contribution in [1.82, 2.24) is 5.32 Å². The quantitative estimate of drug-likeness (QED) is 0.696. The molecule has 0 saturated carbocycles. The maximum atomic E-state index is 13.1. The van der Waals surface area contributed by atoms with Crippen molar-refractivity contribution >= 4 is 23.3 Å². The number of alkyl halides is 3. The van der Waals surface area contributed by atoms with Gasteiger partial charge in [-0.2, -0.15) is 13.2 Å². The second kappa shape index (κ2) is 9.19. The lowest BCUT2D eigenvalue weighted by atomic mass is 9.96. The number of hydrogen-bond acceptors (Lipinski definition) is 2. The fourth-order valence-corrected chi connectivity index (χ4v) is 2.57. The van der Waals surface area contributed by atoms with Crippen LogP contribution in [0.25, 0.3) is 0 Å². The van der Waals surface area contributed by atoms with E-state index in [1.807, 2.05) is 19.1 Å². The maximum Gasteiger partial charge on any atom is 0.416 e. The Labute approximate surface area is 174 Å². The Balaban J connectivity index is 2.24. The van der Waals surface area contributed by atoms with Crippen LogP contribution in [0.5, 0.6) is 0 Å². The third-order valence-electron chi connectivity index (χ3n) is 4.34. The Kier molecular flexibility index (Phi) is 7.12. The van der Waals surface area contributed by atoms with Gasteiger partial charge in [-0.3, -0.25) is 9.69 Å². The number of nitrogens with zero attached hydrogens (tertiary/aromatic N) is 1. The number of halogens is 3. The summed E-state index contributed by atoms with van der Waals surface area (Å²) in [6, 6.07) is 11.0. The van der Waals surface area contributed by atoms with Crippen LogP contribution >= 0.6 is 0 Å². The van der Waals surface area contributed by atoms with Crippen LogP contribution in [0.15, 0.2) is 48.5 Å². The maximum absolute atomic E-state index is 13.1. The van der Waals surface area contributed by atoms with Crippen molar-refractivity contribution < 1.29 is 22.8 Å². The Bertz CT molecular complexity index is 888. The van der Waals surface area contributed by atoms with Crippen molar-refractivity contribution in [2.75, 3.05) is 23.3 Å². The Morgan fingerprint density at radius 1 is 1.00 bits per heavy atom. The van der Waals surface area contributed by atoms with Crippen LogP contribution in [0.3, 0.4) is 0 Å². The van der Waals surface area contributed by atoms with Crippen LogP contribution in [0.4, 0.5) is 29.3 Å². The highest BCUT2D eigenvalue weighted by Crippen LogP contribution is 2.31. The van der Waals surface area contributed by atoms with E-state index in [-0.39, 0.29) is 24.7 Å². The van der Waals surface area contributed by atoms with Gasteiger partial charge in [0.1, 0.15) is 0 Å². The zero-order valence-corrected chi connectivity index (χ0v) is 17.4. The lowest BCUT2D eigenvalue weighted by Gasteiger charge is -2.25. The van der Waals surface area contributed by atoms with Crippen LogP contribution < -0.4 is 15.5 Å². The first kappa shape index (κ1) is 23.3. The Morgan fingerprint density at radius 3 is 2.20 bits per heavy atom. The lowest BCUT2D eigenvalue weighted by molar-refractivity contribution is -0.137. The summed E-state index contributed by atoms with van der Waals surface area (Å²) in [5, 5.41) is 5.40. The summed E-state index contributed by atoms with van der Waals surface area (Å²) in [7, 11) is 0. The minimum atomic E-state index is -4.53. The first-order valence-electron chi connectivity index (χ1n) is 9.48. The molecule has 2 N–H and O–H groups in total. The van der Waals surface area contributed by atoms with Crippen molar-refractivity contribution in [2.24, 2.45) is 5.41 Å². The number of aryl methyl sites for hydroxylation is 1. The molecular formula is C22H26F3N3O2. The zero-order valence-electron chi connectivity index (χ0n) is 17.4. The topological polar surface area (TPSA) is 61.4 Å². The van der Waals surface area contributed by atoms with Crippen molar-refractivity contribution in [3.63, 3.8) is 0 Å². The van der Waals surface area contributed by atoms with E-state index in [1.165, 1.54) is 17.0 Å². The van der Waals surface area contributed by atoms with E-state index in [4.69, 9.17) is 0 Å². The smallest absolute Gasteiger partial charge is 0.354 e. The number of hydrogen-bond donors (Lipinski definition) is 2. The van der Waals surface area contributed by atoms with Crippen molar-refractivity contribution in [3.05, 3.63) is 59.7 Å². The van der Waals surface area contributed by atoms with Gasteiger partial charge in [0.15, 0.2) is 0 Å². The fraction of sp³-hybridized carbons (Fsp3) is 0.364. The van der Waals surface area contributed by atoms with E-state index >= 15 is 0 Å². The molecule has 0 atom stereocenters. The molecule has 0 spiro atoms. The van der Waals surface area contributed by atoms with Gasteiger partial charge in [0, 0.05) is 29.9 Å².